The van der Waals surface area contributed by atoms with Gasteiger partial charge < -0.3 is 154 Å². The van der Waals surface area contributed by atoms with Gasteiger partial charge in [-0.15, -0.1) is 0 Å². The lowest BCUT2D eigenvalue weighted by Gasteiger charge is -2.49. The van der Waals surface area contributed by atoms with E-state index in [1.165, 1.54) is 12.1 Å². The molecule has 6 saturated heterocycles. The molecule has 0 saturated carbocycles. The van der Waals surface area contributed by atoms with Gasteiger partial charge in [-0.3, -0.25) is 0 Å². The van der Waals surface area contributed by atoms with Crippen LogP contribution in [0.1, 0.15) is 10.4 Å². The SMILES string of the molecule is O=C(OCC1OC(OCC2OC(OC3C(O)C(CO)OC(OC4C(O)C(O)OC(COC5OC(CO)C(O)C(O)C5O)C4O)C3O)C(O)C(OC3OC(CO)C(O)C(O)C3O)[C@@H]2O)C(O)C(O)C1O)c1ccccc1. The van der Waals surface area contributed by atoms with Crippen molar-refractivity contribution < 1.29 is 159 Å². The summed E-state index contributed by atoms with van der Waals surface area (Å²) < 4.78 is 66.6. The number of esters is 1. The van der Waals surface area contributed by atoms with Gasteiger partial charge in [0.25, 0.3) is 0 Å². The van der Waals surface area contributed by atoms with Gasteiger partial charge in [-0.25, -0.2) is 4.79 Å². The Labute approximate surface area is 424 Å². The highest BCUT2D eigenvalue weighted by Gasteiger charge is 2.57. The number of ether oxygens (including phenoxy) is 12. The number of benzene rings is 1. The molecule has 0 spiro atoms. The second-order valence-corrected chi connectivity index (χ2v) is 18.6. The summed E-state index contributed by atoms with van der Waals surface area (Å²) in [6.45, 7) is -5.23. The molecular formula is C43H66O32. The van der Waals surface area contributed by atoms with Crippen LogP contribution >= 0.6 is 0 Å². The van der Waals surface area contributed by atoms with E-state index in [0.29, 0.717) is 0 Å². The Morgan fingerprint density at radius 1 is 0.360 bits per heavy atom. The Hall–Kier alpha value is -2.51. The summed E-state index contributed by atoms with van der Waals surface area (Å²) in [5.41, 5.74) is 0.126. The van der Waals surface area contributed by atoms with Crippen LogP contribution in [0.5, 0.6) is 0 Å². The summed E-state index contributed by atoms with van der Waals surface area (Å²) in [6, 6.07) is 7.63. The standard InChI is InChI=1S/C43H66O32/c44-6-13-19(47)25(53)28(56)39(68-13)65-10-17-23(51)34(31(59)38(63)67-17)73-42-32(60)35(22(50)15(8-46)70-42)75-43-33(61)36(74-41-30(58)26(54)20(48)14(7-45)69-41)24(52)18(72-43)11-66-40-29(57)27(55)21(49)16(71-40)9-64-37(62)12-4-2-1-3-5-12/h1-5,13-36,38-61,63H,6-11H2/t13?,14?,15?,16?,17?,18?,19?,20?,21?,22?,23?,24-,25?,26?,27?,28?,29?,30?,31?,32?,33?,34?,35?,36?,38?,39?,40?,41?,42?,43?/m1/s1. The third-order valence-corrected chi connectivity index (χ3v) is 13.6. The molecule has 7 rings (SSSR count). The number of carbonyl (C=O) groups is 1. The molecule has 430 valence electrons. The van der Waals surface area contributed by atoms with Crippen molar-refractivity contribution in [2.24, 2.45) is 0 Å². The van der Waals surface area contributed by atoms with Crippen LogP contribution in [0.4, 0.5) is 0 Å². The molecule has 19 N–H and O–H groups in total. The molecule has 0 aliphatic carbocycles. The minimum Gasteiger partial charge on any atom is -0.459 e. The van der Waals surface area contributed by atoms with Gasteiger partial charge in [0.15, 0.2) is 37.7 Å². The molecule has 0 amide bonds. The number of aliphatic hydroxyl groups is 19. The fraction of sp³-hybridized carbons (Fsp3) is 0.837. The minimum atomic E-state index is -2.30. The zero-order chi connectivity index (χ0) is 54.7. The Balaban J connectivity index is 1.08. The molecule has 29 unspecified atom stereocenters. The maximum atomic E-state index is 12.6. The normalized spacial score (nSPS) is 48.8. The molecule has 6 fully saturated rings. The second-order valence-electron chi connectivity index (χ2n) is 18.6. The highest BCUT2D eigenvalue weighted by Crippen LogP contribution is 2.36. The van der Waals surface area contributed by atoms with Crippen LogP contribution in [0.3, 0.4) is 0 Å². The lowest BCUT2D eigenvalue weighted by molar-refractivity contribution is -0.393. The fourth-order valence-corrected chi connectivity index (χ4v) is 9.09. The van der Waals surface area contributed by atoms with Gasteiger partial charge >= 0.3 is 5.97 Å². The van der Waals surface area contributed by atoms with Crippen molar-refractivity contribution in [1.82, 2.24) is 0 Å². The van der Waals surface area contributed by atoms with Gasteiger partial charge in [0.1, 0.15) is 153 Å². The van der Waals surface area contributed by atoms with E-state index in [0.717, 1.165) is 0 Å². The molecule has 30 atom stereocenters. The number of hydrogen-bond donors (Lipinski definition) is 19. The van der Waals surface area contributed by atoms with E-state index in [-0.39, 0.29) is 5.56 Å². The van der Waals surface area contributed by atoms with Crippen LogP contribution < -0.4 is 0 Å². The predicted octanol–water partition coefficient (Wildman–Crippen LogP) is -12.2. The van der Waals surface area contributed by atoms with Gasteiger partial charge in [0, 0.05) is 0 Å². The highest BCUT2D eigenvalue weighted by atomic mass is 16.8. The van der Waals surface area contributed by atoms with E-state index in [4.69, 9.17) is 56.8 Å². The van der Waals surface area contributed by atoms with E-state index in [9.17, 15) is 102 Å². The van der Waals surface area contributed by atoms with Crippen LogP contribution in [-0.2, 0) is 56.8 Å². The summed E-state index contributed by atoms with van der Waals surface area (Å²) >= 11 is 0. The minimum absolute atomic E-state index is 0.126. The predicted molar refractivity (Wildman–Crippen MR) is 229 cm³/mol. The Morgan fingerprint density at radius 3 is 1.16 bits per heavy atom. The fourth-order valence-electron chi connectivity index (χ4n) is 9.09. The molecule has 6 aliphatic heterocycles. The summed E-state index contributed by atoms with van der Waals surface area (Å²) in [6.07, 6.45) is -58.7. The smallest absolute Gasteiger partial charge is 0.338 e. The molecule has 1 aromatic rings. The first-order valence-electron chi connectivity index (χ1n) is 23.7. The van der Waals surface area contributed by atoms with Crippen molar-refractivity contribution in [1.29, 1.82) is 0 Å². The molecule has 0 radical (unpaired) electrons. The van der Waals surface area contributed by atoms with Crippen molar-refractivity contribution in [2.45, 2.75) is 184 Å². The Kier molecular flexibility index (Phi) is 21.0. The van der Waals surface area contributed by atoms with Crippen molar-refractivity contribution in [3.63, 3.8) is 0 Å². The monoisotopic (exact) mass is 1090 g/mol. The van der Waals surface area contributed by atoms with Crippen LogP contribution in [0.25, 0.3) is 0 Å². The lowest BCUT2D eigenvalue weighted by atomic mass is 9.95. The van der Waals surface area contributed by atoms with Gasteiger partial charge in [-0.2, -0.15) is 0 Å². The van der Waals surface area contributed by atoms with E-state index in [1.807, 2.05) is 0 Å². The van der Waals surface area contributed by atoms with Crippen molar-refractivity contribution in [3.8, 4) is 0 Å². The first-order valence-corrected chi connectivity index (χ1v) is 23.7. The maximum absolute atomic E-state index is 12.6. The molecule has 6 heterocycles. The maximum Gasteiger partial charge on any atom is 0.338 e. The highest BCUT2D eigenvalue weighted by molar-refractivity contribution is 5.89. The van der Waals surface area contributed by atoms with Crippen LogP contribution in [0, 0.1) is 0 Å². The van der Waals surface area contributed by atoms with Gasteiger partial charge in [0.2, 0.25) is 0 Å². The van der Waals surface area contributed by atoms with E-state index < -0.39 is 230 Å². The van der Waals surface area contributed by atoms with Crippen molar-refractivity contribution >= 4 is 5.97 Å². The molecule has 32 heteroatoms. The third kappa shape index (κ3) is 13.1. The van der Waals surface area contributed by atoms with Gasteiger partial charge in [-0.05, 0) is 12.1 Å². The largest absolute Gasteiger partial charge is 0.459 e. The summed E-state index contributed by atoms with van der Waals surface area (Å²) in [7, 11) is 0. The average molecular weight is 1090 g/mol. The zero-order valence-electron chi connectivity index (χ0n) is 39.3. The molecule has 0 aromatic heterocycles. The average Bonchev–Trinajstić information content (AvgIpc) is 3.40. The quantitative estimate of drug-likeness (QED) is 0.0607. The molecule has 0 bridgehead atoms. The molecule has 32 nitrogen and oxygen atoms in total. The Bertz CT molecular complexity index is 1910. The molecular weight excluding hydrogens is 1030 g/mol. The lowest BCUT2D eigenvalue weighted by Crippen LogP contribution is -2.68. The van der Waals surface area contributed by atoms with E-state index in [1.54, 1.807) is 18.2 Å². The molecule has 1 aromatic carbocycles. The second kappa shape index (κ2) is 26.2. The van der Waals surface area contributed by atoms with Crippen LogP contribution in [-0.4, -0.2) is 327 Å². The number of hydrogen-bond acceptors (Lipinski definition) is 32. The number of rotatable bonds is 18. The van der Waals surface area contributed by atoms with Gasteiger partial charge in [-0.1, -0.05) is 18.2 Å². The van der Waals surface area contributed by atoms with E-state index in [2.05, 4.69) is 0 Å². The summed E-state index contributed by atoms with van der Waals surface area (Å²) in [4.78, 5) is 12.6. The summed E-state index contributed by atoms with van der Waals surface area (Å²) in [5, 5.41) is 203. The van der Waals surface area contributed by atoms with Gasteiger partial charge in [0.05, 0.1) is 38.6 Å². The topological polar surface area (TPSA) is 512 Å². The summed E-state index contributed by atoms with van der Waals surface area (Å²) in [5.74, 6) is -0.842. The molecule has 75 heavy (non-hydrogen) atoms. The Morgan fingerprint density at radius 2 is 0.693 bits per heavy atom. The van der Waals surface area contributed by atoms with Crippen LogP contribution in [0.15, 0.2) is 30.3 Å². The first-order chi connectivity index (χ1) is 35.6. The van der Waals surface area contributed by atoms with Crippen molar-refractivity contribution in [3.05, 3.63) is 35.9 Å². The third-order valence-electron chi connectivity index (χ3n) is 13.6. The van der Waals surface area contributed by atoms with E-state index >= 15 is 0 Å². The van der Waals surface area contributed by atoms with Crippen LogP contribution in [0.2, 0.25) is 0 Å². The zero-order valence-corrected chi connectivity index (χ0v) is 39.3. The first kappa shape index (κ1) is 60.1. The molecule has 6 aliphatic rings. The number of aliphatic hydroxyl groups excluding tert-OH is 19. The number of carbonyl (C=O) groups excluding carboxylic acids is 1. The van der Waals surface area contributed by atoms with Crippen molar-refractivity contribution in [2.75, 3.05) is 39.6 Å².